The molecule has 0 spiro atoms. The lowest BCUT2D eigenvalue weighted by molar-refractivity contribution is -0.131. The number of ether oxygens (including phenoxy) is 3. The molecule has 1 aliphatic carbocycles. The zero-order valence-corrected chi connectivity index (χ0v) is 25.8. The van der Waals surface area contributed by atoms with Crippen LogP contribution in [0.3, 0.4) is 0 Å². The highest BCUT2D eigenvalue weighted by Crippen LogP contribution is 2.30. The Morgan fingerprint density at radius 3 is 2.33 bits per heavy atom. The standard InChI is InChI=1S/C31H43N3O9/c1-16-11-21-26(32)23(36)14-22(28(21)38)34(15-20(5)35)30(39)17(2)9-8-10-24(41-6)29(43-31(33)40)19(4)13-18(3)27(37)25(12-16)42-7/h8-10,13-14,16,18,24-25,27,29,37H,11-12,15,32H2,1-7H3,(H2,33,40)/b10-8-,17-9-,19-13-/t16-,18+,24+,25+,27-,29+/m1/s1. The van der Waals surface area contributed by atoms with E-state index in [-0.39, 0.29) is 41.3 Å². The Balaban J connectivity index is 2.72. The largest absolute Gasteiger partial charge is 0.439 e. The van der Waals surface area contributed by atoms with Crippen molar-refractivity contribution in [3.63, 3.8) is 0 Å². The number of ketones is 3. The van der Waals surface area contributed by atoms with Crippen LogP contribution in [0.2, 0.25) is 0 Å². The van der Waals surface area contributed by atoms with Crippen molar-refractivity contribution in [3.8, 4) is 0 Å². The van der Waals surface area contributed by atoms with Crippen molar-refractivity contribution < 1.29 is 43.3 Å². The number of aliphatic hydroxyl groups is 1. The van der Waals surface area contributed by atoms with Gasteiger partial charge in [-0.05, 0) is 45.1 Å². The second-order valence-electron chi connectivity index (χ2n) is 11.1. The van der Waals surface area contributed by atoms with Gasteiger partial charge in [-0.2, -0.15) is 0 Å². The predicted octanol–water partition coefficient (Wildman–Crippen LogP) is 2.02. The molecule has 1 aliphatic heterocycles. The monoisotopic (exact) mass is 601 g/mol. The first-order valence-electron chi connectivity index (χ1n) is 14.0. The van der Waals surface area contributed by atoms with Gasteiger partial charge in [-0.15, -0.1) is 0 Å². The number of amides is 2. The summed E-state index contributed by atoms with van der Waals surface area (Å²) in [5.41, 5.74) is 11.6. The molecule has 0 aromatic carbocycles. The van der Waals surface area contributed by atoms with Crippen LogP contribution in [0.4, 0.5) is 4.79 Å². The number of nitrogens with two attached hydrogens (primary N) is 2. The molecular formula is C31H43N3O9. The van der Waals surface area contributed by atoms with Crippen molar-refractivity contribution in [3.05, 3.63) is 58.5 Å². The lowest BCUT2D eigenvalue weighted by Crippen LogP contribution is -2.41. The van der Waals surface area contributed by atoms with E-state index in [2.05, 4.69) is 0 Å². The molecule has 2 rings (SSSR count). The van der Waals surface area contributed by atoms with E-state index >= 15 is 0 Å². The van der Waals surface area contributed by atoms with Crippen molar-refractivity contribution in [1.82, 2.24) is 4.90 Å². The minimum absolute atomic E-state index is 0.0262. The molecule has 2 amide bonds. The topological polar surface area (TPSA) is 189 Å². The van der Waals surface area contributed by atoms with Gasteiger partial charge in [0.2, 0.25) is 11.6 Å². The molecule has 0 aromatic rings. The third kappa shape index (κ3) is 9.06. The van der Waals surface area contributed by atoms with Crippen LogP contribution in [0.15, 0.2) is 58.5 Å². The van der Waals surface area contributed by atoms with Crippen molar-refractivity contribution in [2.75, 3.05) is 20.8 Å². The Labute approximate surface area is 252 Å². The summed E-state index contributed by atoms with van der Waals surface area (Å²) in [6, 6.07) is 0. The highest BCUT2D eigenvalue weighted by Gasteiger charge is 2.35. The number of Topliss-reactive ketones (excluding diaryl/α,β-unsaturated/α-hetero) is 2. The number of carbonyl (C=O) groups is 5. The van der Waals surface area contributed by atoms with Crippen molar-refractivity contribution in [1.29, 1.82) is 0 Å². The smallest absolute Gasteiger partial charge is 0.405 e. The maximum atomic E-state index is 13.7. The number of nitrogens with zero attached hydrogens (tertiary/aromatic N) is 1. The second-order valence-corrected chi connectivity index (χ2v) is 11.1. The van der Waals surface area contributed by atoms with Crippen LogP contribution in [-0.2, 0) is 33.4 Å². The lowest BCUT2D eigenvalue weighted by Gasteiger charge is -2.30. The number of carbonyl (C=O) groups excluding carboxylic acids is 5. The number of primary amides is 1. The molecule has 43 heavy (non-hydrogen) atoms. The van der Waals surface area contributed by atoms with Crippen molar-refractivity contribution in [2.24, 2.45) is 23.3 Å². The maximum Gasteiger partial charge on any atom is 0.405 e. The zero-order valence-electron chi connectivity index (χ0n) is 25.8. The Hall–Kier alpha value is -3.87. The van der Waals surface area contributed by atoms with E-state index < -0.39 is 66.2 Å². The quantitative estimate of drug-likeness (QED) is 0.311. The summed E-state index contributed by atoms with van der Waals surface area (Å²) in [5, 5.41) is 11.2. The van der Waals surface area contributed by atoms with Gasteiger partial charge < -0.3 is 30.8 Å². The van der Waals surface area contributed by atoms with Gasteiger partial charge in [-0.1, -0.05) is 38.2 Å². The molecule has 2 bridgehead atoms. The van der Waals surface area contributed by atoms with Gasteiger partial charge in [0.05, 0.1) is 30.1 Å². The summed E-state index contributed by atoms with van der Waals surface area (Å²) >= 11 is 0. The molecule has 236 valence electrons. The Morgan fingerprint density at radius 1 is 1.12 bits per heavy atom. The number of fused-ring (bicyclic) bond motifs is 2. The number of rotatable bonds is 5. The summed E-state index contributed by atoms with van der Waals surface area (Å²) in [5.74, 6) is -3.14. The van der Waals surface area contributed by atoms with Gasteiger partial charge in [0, 0.05) is 37.4 Å². The average Bonchev–Trinajstić information content (AvgIpc) is 2.94. The van der Waals surface area contributed by atoms with Gasteiger partial charge >= 0.3 is 6.09 Å². The minimum atomic E-state index is -1.03. The van der Waals surface area contributed by atoms with Crippen LogP contribution < -0.4 is 11.5 Å². The van der Waals surface area contributed by atoms with E-state index in [4.69, 9.17) is 25.7 Å². The first-order chi connectivity index (χ1) is 20.1. The Kier molecular flexibility index (Phi) is 12.8. The van der Waals surface area contributed by atoms with Gasteiger partial charge in [0.1, 0.15) is 11.9 Å². The van der Waals surface area contributed by atoms with Gasteiger partial charge in [0.25, 0.3) is 5.91 Å². The molecule has 6 atom stereocenters. The van der Waals surface area contributed by atoms with Crippen molar-refractivity contribution in [2.45, 2.75) is 71.9 Å². The molecule has 0 fully saturated rings. The Bertz CT molecular complexity index is 1280. The van der Waals surface area contributed by atoms with E-state index in [0.29, 0.717) is 5.57 Å². The molecule has 0 aromatic heterocycles. The third-order valence-corrected chi connectivity index (χ3v) is 7.46. The zero-order chi connectivity index (χ0) is 32.6. The summed E-state index contributed by atoms with van der Waals surface area (Å²) in [7, 11) is 2.86. The van der Waals surface area contributed by atoms with Crippen LogP contribution in [0.5, 0.6) is 0 Å². The SMILES string of the molecule is CO[C@H]1/C=C\C=C(\C)C(=O)N(CC(C)=O)C2=CC(=O)C(N)=C(C[C@@H](C)C[C@H](OC)[C@H](O)[C@@H](C)/C=C(/C)[C@@H]1OC(N)=O)C2=O. The fourth-order valence-corrected chi connectivity index (χ4v) is 5.18. The summed E-state index contributed by atoms with van der Waals surface area (Å²) in [6.07, 6.45) is 3.02. The first kappa shape index (κ1) is 35.3. The van der Waals surface area contributed by atoms with E-state index in [0.717, 1.165) is 11.0 Å². The predicted molar refractivity (Wildman–Crippen MR) is 158 cm³/mol. The summed E-state index contributed by atoms with van der Waals surface area (Å²) < 4.78 is 16.5. The number of methoxy groups -OCH3 is 2. The first-order valence-corrected chi connectivity index (χ1v) is 14.0. The van der Waals surface area contributed by atoms with Gasteiger partial charge in [-0.3, -0.25) is 24.1 Å². The molecule has 12 nitrogen and oxygen atoms in total. The van der Waals surface area contributed by atoms with E-state index in [1.807, 2.05) is 6.92 Å². The highest BCUT2D eigenvalue weighted by atomic mass is 16.6. The molecule has 2 aliphatic rings. The van der Waals surface area contributed by atoms with Crippen LogP contribution >= 0.6 is 0 Å². The van der Waals surface area contributed by atoms with Crippen molar-refractivity contribution >= 4 is 29.4 Å². The molecule has 12 heteroatoms. The van der Waals surface area contributed by atoms with Gasteiger partial charge in [0.15, 0.2) is 6.10 Å². The molecule has 0 saturated carbocycles. The second kappa shape index (κ2) is 15.6. The van der Waals surface area contributed by atoms with E-state index in [1.54, 1.807) is 26.0 Å². The number of hydrogen-bond donors (Lipinski definition) is 3. The average molecular weight is 602 g/mol. The fourth-order valence-electron chi connectivity index (χ4n) is 5.18. The molecule has 0 saturated heterocycles. The highest BCUT2D eigenvalue weighted by molar-refractivity contribution is 6.23. The van der Waals surface area contributed by atoms with E-state index in [1.165, 1.54) is 40.2 Å². The summed E-state index contributed by atoms with van der Waals surface area (Å²) in [6.45, 7) is 7.60. The van der Waals surface area contributed by atoms with Crippen LogP contribution in [0.1, 0.15) is 47.5 Å². The van der Waals surface area contributed by atoms with Gasteiger partial charge in [-0.25, -0.2) is 4.79 Å². The molecule has 0 unspecified atom stereocenters. The number of aliphatic hydroxyl groups excluding tert-OH is 1. The Morgan fingerprint density at radius 2 is 1.77 bits per heavy atom. The van der Waals surface area contributed by atoms with E-state index in [9.17, 15) is 29.1 Å². The fraction of sp³-hybridized carbons (Fsp3) is 0.516. The lowest BCUT2D eigenvalue weighted by atomic mass is 9.85. The third-order valence-electron chi connectivity index (χ3n) is 7.46. The summed E-state index contributed by atoms with van der Waals surface area (Å²) in [4.78, 5) is 65.0. The molecule has 0 radical (unpaired) electrons. The minimum Gasteiger partial charge on any atom is -0.439 e. The number of allylic oxidation sites excluding steroid dienone is 4. The van der Waals surface area contributed by atoms with Crippen LogP contribution in [0, 0.1) is 11.8 Å². The number of hydrogen-bond acceptors (Lipinski definition) is 10. The molecule has 1 heterocycles. The maximum absolute atomic E-state index is 13.7. The van der Waals surface area contributed by atoms with Crippen LogP contribution in [0.25, 0.3) is 0 Å². The normalized spacial score (nSPS) is 31.5. The molecule has 5 N–H and O–H groups in total. The van der Waals surface area contributed by atoms with Crippen LogP contribution in [-0.4, -0.2) is 84.5 Å². The molecular weight excluding hydrogens is 558 g/mol.